The van der Waals surface area contributed by atoms with Crippen molar-refractivity contribution >= 4 is 29.7 Å². The second-order valence-corrected chi connectivity index (χ2v) is 7.89. The number of carbonyl (C=O) groups excluding carboxylic acids is 4. The lowest BCUT2D eigenvalue weighted by Gasteiger charge is -2.29. The molecule has 1 fully saturated rings. The molecular formula is C21H22N6O6. The van der Waals surface area contributed by atoms with Crippen LogP contribution in [-0.2, 0) is 33.9 Å². The summed E-state index contributed by atoms with van der Waals surface area (Å²) in [5.74, 6) is -1.61. The van der Waals surface area contributed by atoms with E-state index in [0.717, 1.165) is 5.56 Å². The fourth-order valence-corrected chi connectivity index (χ4v) is 4.02. The number of imidazole rings is 1. The van der Waals surface area contributed by atoms with E-state index in [1.54, 1.807) is 18.2 Å². The molecule has 5 N–H and O–H groups in total. The van der Waals surface area contributed by atoms with Crippen LogP contribution in [-0.4, -0.2) is 61.8 Å². The van der Waals surface area contributed by atoms with Crippen LogP contribution < -0.4 is 16.0 Å². The van der Waals surface area contributed by atoms with E-state index in [9.17, 15) is 24.0 Å². The number of piperidine rings is 1. The number of nitrogens with one attached hydrogen (secondary N) is 4. The summed E-state index contributed by atoms with van der Waals surface area (Å²) in [6.45, 7) is 0.352. The fraction of sp³-hybridized carbons (Fsp3) is 0.333. The van der Waals surface area contributed by atoms with Crippen molar-refractivity contribution in [2.24, 2.45) is 0 Å². The van der Waals surface area contributed by atoms with Crippen LogP contribution >= 0.6 is 0 Å². The molecule has 0 spiro atoms. The highest BCUT2D eigenvalue weighted by atomic mass is 16.4. The monoisotopic (exact) mass is 454 g/mol. The molecule has 1 aromatic heterocycles. The Morgan fingerprint density at radius 1 is 1.27 bits per heavy atom. The van der Waals surface area contributed by atoms with Gasteiger partial charge in [-0.05, 0) is 23.6 Å². The second kappa shape index (κ2) is 9.10. The summed E-state index contributed by atoms with van der Waals surface area (Å²) >= 11 is 0. The lowest BCUT2D eigenvalue weighted by Crippen LogP contribution is -2.52. The molecule has 2 aliphatic rings. The molecule has 2 aliphatic heterocycles. The fourth-order valence-electron chi connectivity index (χ4n) is 4.02. The highest BCUT2D eigenvalue weighted by Crippen LogP contribution is 2.28. The number of imide groups is 1. The van der Waals surface area contributed by atoms with E-state index in [0.29, 0.717) is 16.8 Å². The van der Waals surface area contributed by atoms with E-state index in [2.05, 4.69) is 25.9 Å². The minimum atomic E-state index is -1.32. The molecule has 2 atom stereocenters. The van der Waals surface area contributed by atoms with E-state index in [1.165, 1.54) is 17.4 Å². The van der Waals surface area contributed by atoms with Crippen molar-refractivity contribution in [2.75, 3.05) is 0 Å². The molecule has 0 radical (unpaired) electrons. The molecule has 0 saturated carbocycles. The van der Waals surface area contributed by atoms with Crippen LogP contribution in [0, 0.1) is 0 Å². The largest absolute Gasteiger partial charge is 0.465 e. The zero-order valence-electron chi connectivity index (χ0n) is 17.5. The van der Waals surface area contributed by atoms with Gasteiger partial charge in [0, 0.05) is 43.4 Å². The van der Waals surface area contributed by atoms with Gasteiger partial charge < -0.3 is 25.6 Å². The molecule has 1 saturated heterocycles. The standard InChI is InChI=1S/C21H22N6O6/c28-17-4-3-16(19(30)26-17)27-9-12-5-11(1-2-14(12)20(27)31)7-23-18(29)15(25-21(32)33)6-13-8-22-10-24-13/h1-2,5,8,10,15-16,25H,3-4,6-7,9H2,(H,22,24)(H,23,29)(H,32,33)(H,26,28,30)/t15?,16-/m0/s1. The zero-order chi connectivity index (χ0) is 23.5. The first kappa shape index (κ1) is 22.0. The molecule has 4 rings (SSSR count). The Labute approximate surface area is 187 Å². The van der Waals surface area contributed by atoms with Crippen LogP contribution in [0.3, 0.4) is 0 Å². The van der Waals surface area contributed by atoms with Gasteiger partial charge in [0.15, 0.2) is 0 Å². The van der Waals surface area contributed by atoms with Gasteiger partial charge in [0.05, 0.1) is 6.33 Å². The zero-order valence-corrected chi connectivity index (χ0v) is 17.5. The van der Waals surface area contributed by atoms with Crippen molar-refractivity contribution in [3.05, 3.63) is 53.1 Å². The quantitative estimate of drug-likeness (QED) is 0.356. The number of amides is 5. The molecule has 172 valence electrons. The normalized spacial score (nSPS) is 18.5. The Balaban J connectivity index is 1.40. The van der Waals surface area contributed by atoms with Gasteiger partial charge in [-0.2, -0.15) is 0 Å². The van der Waals surface area contributed by atoms with Gasteiger partial charge in [0.25, 0.3) is 5.91 Å². The first-order valence-corrected chi connectivity index (χ1v) is 10.3. The summed E-state index contributed by atoms with van der Waals surface area (Å²) in [5, 5.41) is 16.2. The van der Waals surface area contributed by atoms with E-state index in [-0.39, 0.29) is 44.2 Å². The molecule has 12 nitrogen and oxygen atoms in total. The maximum Gasteiger partial charge on any atom is 0.405 e. The number of aromatic amines is 1. The third kappa shape index (κ3) is 4.84. The SMILES string of the molecule is O=C(O)NC(Cc1cnc[nH]1)C(=O)NCc1ccc2c(c1)CN([C@H]1CCC(=O)NC1=O)C2=O. The predicted molar refractivity (Wildman–Crippen MR) is 112 cm³/mol. The number of fused-ring (bicyclic) bond motifs is 1. The molecule has 1 unspecified atom stereocenters. The van der Waals surface area contributed by atoms with Crippen LogP contribution in [0.4, 0.5) is 4.79 Å². The van der Waals surface area contributed by atoms with E-state index in [4.69, 9.17) is 5.11 Å². The van der Waals surface area contributed by atoms with Crippen molar-refractivity contribution in [3.8, 4) is 0 Å². The van der Waals surface area contributed by atoms with Gasteiger partial charge in [-0.15, -0.1) is 0 Å². The Hall–Kier alpha value is -4.22. The van der Waals surface area contributed by atoms with Crippen molar-refractivity contribution < 1.29 is 29.1 Å². The highest BCUT2D eigenvalue weighted by Gasteiger charge is 2.39. The van der Waals surface area contributed by atoms with Crippen molar-refractivity contribution in [1.29, 1.82) is 0 Å². The molecule has 0 bridgehead atoms. The molecule has 5 amide bonds. The second-order valence-electron chi connectivity index (χ2n) is 7.89. The van der Waals surface area contributed by atoms with Crippen LogP contribution in [0.1, 0.15) is 40.0 Å². The molecule has 0 aliphatic carbocycles. The number of H-pyrrole nitrogens is 1. The molecular weight excluding hydrogens is 432 g/mol. The first-order chi connectivity index (χ1) is 15.8. The minimum absolute atomic E-state index is 0.109. The van der Waals surface area contributed by atoms with Crippen molar-refractivity contribution in [2.45, 2.75) is 44.4 Å². The molecule has 2 aromatic rings. The Morgan fingerprint density at radius 2 is 2.09 bits per heavy atom. The number of nitrogens with zero attached hydrogens (tertiary/aromatic N) is 2. The molecule has 12 heteroatoms. The lowest BCUT2D eigenvalue weighted by atomic mass is 10.0. The molecule has 3 heterocycles. The Morgan fingerprint density at radius 3 is 2.79 bits per heavy atom. The molecule has 1 aromatic carbocycles. The van der Waals surface area contributed by atoms with Crippen molar-refractivity contribution in [1.82, 2.24) is 30.8 Å². The molecule has 33 heavy (non-hydrogen) atoms. The summed E-state index contributed by atoms with van der Waals surface area (Å²) in [6, 6.07) is 3.40. The number of rotatable bonds is 7. The van der Waals surface area contributed by atoms with E-state index >= 15 is 0 Å². The number of hydrogen-bond acceptors (Lipinski definition) is 6. The topological polar surface area (TPSA) is 174 Å². The number of aromatic nitrogens is 2. The van der Waals surface area contributed by atoms with Crippen LogP contribution in [0.5, 0.6) is 0 Å². The maximum atomic E-state index is 12.8. The van der Waals surface area contributed by atoms with Crippen LogP contribution in [0.15, 0.2) is 30.7 Å². The highest BCUT2D eigenvalue weighted by molar-refractivity contribution is 6.05. The van der Waals surface area contributed by atoms with Gasteiger partial charge in [0.2, 0.25) is 17.7 Å². The smallest absolute Gasteiger partial charge is 0.405 e. The van der Waals surface area contributed by atoms with E-state index in [1.807, 2.05) is 0 Å². The number of carboxylic acid groups (broad SMARTS) is 1. The third-order valence-corrected chi connectivity index (χ3v) is 5.65. The van der Waals surface area contributed by atoms with Crippen LogP contribution in [0.25, 0.3) is 0 Å². The summed E-state index contributed by atoms with van der Waals surface area (Å²) in [6.07, 6.45) is 2.20. The van der Waals surface area contributed by atoms with Gasteiger partial charge in [-0.1, -0.05) is 12.1 Å². The summed E-state index contributed by atoms with van der Waals surface area (Å²) in [4.78, 5) is 68.1. The summed E-state index contributed by atoms with van der Waals surface area (Å²) in [5.41, 5.74) is 2.51. The van der Waals surface area contributed by atoms with Gasteiger partial charge in [-0.3, -0.25) is 24.5 Å². The number of hydrogen-bond donors (Lipinski definition) is 5. The maximum absolute atomic E-state index is 12.8. The minimum Gasteiger partial charge on any atom is -0.465 e. The number of carbonyl (C=O) groups is 5. The average molecular weight is 454 g/mol. The number of benzene rings is 1. The summed E-state index contributed by atoms with van der Waals surface area (Å²) in [7, 11) is 0. The predicted octanol–water partition coefficient (Wildman–Crippen LogP) is -0.334. The van der Waals surface area contributed by atoms with Gasteiger partial charge >= 0.3 is 6.09 Å². The van der Waals surface area contributed by atoms with E-state index < -0.39 is 30.0 Å². The van der Waals surface area contributed by atoms with Gasteiger partial charge in [0.1, 0.15) is 12.1 Å². The first-order valence-electron chi connectivity index (χ1n) is 10.3. The Bertz CT molecular complexity index is 1110. The van der Waals surface area contributed by atoms with Gasteiger partial charge in [-0.25, -0.2) is 9.78 Å². The summed E-state index contributed by atoms with van der Waals surface area (Å²) < 4.78 is 0. The lowest BCUT2D eigenvalue weighted by molar-refractivity contribution is -0.137. The van der Waals surface area contributed by atoms with Crippen LogP contribution in [0.2, 0.25) is 0 Å². The Kier molecular flexibility index (Phi) is 6.07. The van der Waals surface area contributed by atoms with Crippen molar-refractivity contribution in [3.63, 3.8) is 0 Å². The average Bonchev–Trinajstić information content (AvgIpc) is 3.39. The third-order valence-electron chi connectivity index (χ3n) is 5.65.